The van der Waals surface area contributed by atoms with Crippen molar-refractivity contribution >= 4 is 5.91 Å². The average Bonchev–Trinajstić information content (AvgIpc) is 3.16. The van der Waals surface area contributed by atoms with Crippen LogP contribution >= 0.6 is 0 Å². The average molecular weight is 330 g/mol. The van der Waals surface area contributed by atoms with Gasteiger partial charge in [-0.25, -0.2) is 0 Å². The summed E-state index contributed by atoms with van der Waals surface area (Å²) >= 11 is 0. The Kier molecular flexibility index (Phi) is 5.90. The molecule has 3 atom stereocenters. The third-order valence-electron chi connectivity index (χ3n) is 5.54. The van der Waals surface area contributed by atoms with E-state index in [1.807, 2.05) is 0 Å². The van der Waals surface area contributed by atoms with E-state index in [1.165, 1.54) is 5.56 Å². The minimum Gasteiger partial charge on any atom is -0.381 e. The normalized spacial score (nSPS) is 28.2. The molecule has 1 aromatic rings. The molecule has 4 heteroatoms. The van der Waals surface area contributed by atoms with E-state index in [4.69, 9.17) is 4.74 Å². The number of hydrogen-bond donors (Lipinski definition) is 0. The van der Waals surface area contributed by atoms with Crippen LogP contribution in [0.1, 0.15) is 38.7 Å². The summed E-state index contributed by atoms with van der Waals surface area (Å²) in [7, 11) is 0. The van der Waals surface area contributed by atoms with E-state index in [0.29, 0.717) is 24.6 Å². The van der Waals surface area contributed by atoms with Crippen molar-refractivity contribution in [1.29, 1.82) is 0 Å². The number of piperazine rings is 1. The zero-order chi connectivity index (χ0) is 16.9. The summed E-state index contributed by atoms with van der Waals surface area (Å²) in [6.45, 7) is 8.58. The first-order chi connectivity index (χ1) is 11.7. The number of amides is 1. The molecule has 2 fully saturated rings. The van der Waals surface area contributed by atoms with Crippen molar-refractivity contribution in [1.82, 2.24) is 9.80 Å². The quantitative estimate of drug-likeness (QED) is 0.832. The second-order valence-electron chi connectivity index (χ2n) is 7.09. The molecular weight excluding hydrogens is 300 g/mol. The zero-order valence-corrected chi connectivity index (χ0v) is 15.0. The molecule has 0 aliphatic carbocycles. The first kappa shape index (κ1) is 17.4. The molecule has 2 aliphatic rings. The van der Waals surface area contributed by atoms with E-state index >= 15 is 0 Å². The molecule has 0 N–H and O–H groups in total. The first-order valence-electron chi connectivity index (χ1n) is 9.39. The highest BCUT2D eigenvalue weighted by Gasteiger charge is 2.38. The van der Waals surface area contributed by atoms with Gasteiger partial charge in [-0.05, 0) is 24.8 Å². The number of benzene rings is 1. The topological polar surface area (TPSA) is 32.8 Å². The van der Waals surface area contributed by atoms with Gasteiger partial charge in [0.2, 0.25) is 5.91 Å². The number of carbonyl (C=O) groups excluding carboxylic acids is 1. The molecule has 2 aliphatic heterocycles. The first-order valence-corrected chi connectivity index (χ1v) is 9.39. The number of rotatable bonds is 5. The molecule has 1 aromatic carbocycles. The van der Waals surface area contributed by atoms with E-state index in [-0.39, 0.29) is 5.92 Å². The highest BCUT2D eigenvalue weighted by molar-refractivity contribution is 5.79. The van der Waals surface area contributed by atoms with E-state index in [1.54, 1.807) is 0 Å². The van der Waals surface area contributed by atoms with Crippen LogP contribution < -0.4 is 0 Å². The Labute approximate surface area is 145 Å². The second-order valence-corrected chi connectivity index (χ2v) is 7.09. The van der Waals surface area contributed by atoms with Crippen molar-refractivity contribution in [2.75, 3.05) is 26.3 Å². The maximum Gasteiger partial charge on any atom is 0.228 e. The van der Waals surface area contributed by atoms with Crippen LogP contribution in [-0.4, -0.2) is 54.1 Å². The van der Waals surface area contributed by atoms with Crippen molar-refractivity contribution in [2.24, 2.45) is 5.92 Å². The predicted octanol–water partition coefficient (Wildman–Crippen LogP) is 2.92. The predicted molar refractivity (Wildman–Crippen MR) is 95.6 cm³/mol. The van der Waals surface area contributed by atoms with Crippen molar-refractivity contribution in [2.45, 2.75) is 51.7 Å². The van der Waals surface area contributed by atoms with Gasteiger partial charge < -0.3 is 9.64 Å². The van der Waals surface area contributed by atoms with Crippen LogP contribution in [0.15, 0.2) is 30.3 Å². The summed E-state index contributed by atoms with van der Waals surface area (Å²) in [6, 6.07) is 11.4. The Balaban J connectivity index is 1.70. The van der Waals surface area contributed by atoms with Crippen LogP contribution in [0.4, 0.5) is 0 Å². The van der Waals surface area contributed by atoms with Crippen molar-refractivity contribution in [3.05, 3.63) is 35.9 Å². The number of carbonyl (C=O) groups is 1. The summed E-state index contributed by atoms with van der Waals surface area (Å²) in [5, 5.41) is 0. The van der Waals surface area contributed by atoms with Crippen LogP contribution in [-0.2, 0) is 16.1 Å². The maximum absolute atomic E-state index is 12.9. The lowest BCUT2D eigenvalue weighted by Crippen LogP contribution is -2.60. The van der Waals surface area contributed by atoms with Gasteiger partial charge in [-0.15, -0.1) is 0 Å². The van der Waals surface area contributed by atoms with Gasteiger partial charge in [-0.2, -0.15) is 0 Å². The minimum atomic E-state index is 0.0808. The van der Waals surface area contributed by atoms with Crippen LogP contribution in [0, 0.1) is 5.92 Å². The Morgan fingerprint density at radius 1 is 1.12 bits per heavy atom. The Hall–Kier alpha value is -1.39. The van der Waals surface area contributed by atoms with Crippen molar-refractivity contribution in [3.63, 3.8) is 0 Å². The largest absolute Gasteiger partial charge is 0.381 e. The van der Waals surface area contributed by atoms with Gasteiger partial charge in [0.15, 0.2) is 0 Å². The summed E-state index contributed by atoms with van der Waals surface area (Å²) in [4.78, 5) is 17.7. The molecule has 2 saturated heterocycles. The Morgan fingerprint density at radius 3 is 2.50 bits per heavy atom. The standard InChI is InChI=1S/C20H30N2O2/c1-3-18-14-22(20(23)17-10-11-24-15-17)19(4-2)13-21(18)12-16-8-6-5-7-9-16/h5-9,17-19H,3-4,10-15H2,1-2H3/t17-,18-,19-/m1/s1. The van der Waals surface area contributed by atoms with Gasteiger partial charge >= 0.3 is 0 Å². The molecule has 4 nitrogen and oxygen atoms in total. The molecule has 3 rings (SSSR count). The molecule has 0 saturated carbocycles. The zero-order valence-electron chi connectivity index (χ0n) is 15.0. The third kappa shape index (κ3) is 3.81. The molecule has 132 valence electrons. The highest BCUT2D eigenvalue weighted by atomic mass is 16.5. The van der Waals surface area contributed by atoms with Crippen LogP contribution in [0.3, 0.4) is 0 Å². The molecule has 1 amide bonds. The Bertz CT molecular complexity index is 528. The molecule has 0 aromatic heterocycles. The molecule has 0 bridgehead atoms. The summed E-state index contributed by atoms with van der Waals surface area (Å²) < 4.78 is 5.43. The van der Waals surface area contributed by atoms with E-state index < -0.39 is 0 Å². The maximum atomic E-state index is 12.9. The van der Waals surface area contributed by atoms with E-state index in [0.717, 1.165) is 45.5 Å². The van der Waals surface area contributed by atoms with Crippen molar-refractivity contribution < 1.29 is 9.53 Å². The molecule has 0 radical (unpaired) electrons. The van der Waals surface area contributed by atoms with Gasteiger partial charge in [0.05, 0.1) is 12.5 Å². The van der Waals surface area contributed by atoms with Gasteiger partial charge in [0.1, 0.15) is 0 Å². The van der Waals surface area contributed by atoms with Crippen molar-refractivity contribution in [3.8, 4) is 0 Å². The lowest BCUT2D eigenvalue weighted by atomic mass is 9.98. The second kappa shape index (κ2) is 8.13. The highest BCUT2D eigenvalue weighted by Crippen LogP contribution is 2.25. The third-order valence-corrected chi connectivity index (χ3v) is 5.54. The summed E-state index contributed by atoms with van der Waals surface area (Å²) in [5.41, 5.74) is 1.36. The van der Waals surface area contributed by atoms with Gasteiger partial charge in [-0.3, -0.25) is 9.69 Å². The smallest absolute Gasteiger partial charge is 0.228 e. The van der Waals surface area contributed by atoms with E-state index in [9.17, 15) is 4.79 Å². The fourth-order valence-corrected chi connectivity index (χ4v) is 3.99. The van der Waals surface area contributed by atoms with E-state index in [2.05, 4.69) is 54.0 Å². The fourth-order valence-electron chi connectivity index (χ4n) is 3.99. The SMILES string of the molecule is CC[C@@H]1CN(C(=O)[C@@H]2CCOC2)[C@H](CC)CN1Cc1ccccc1. The number of ether oxygens (including phenoxy) is 1. The summed E-state index contributed by atoms with van der Waals surface area (Å²) in [5.74, 6) is 0.398. The lowest BCUT2D eigenvalue weighted by molar-refractivity contribution is -0.142. The fraction of sp³-hybridized carbons (Fsp3) is 0.650. The Morgan fingerprint density at radius 2 is 1.88 bits per heavy atom. The molecule has 0 spiro atoms. The summed E-state index contributed by atoms with van der Waals surface area (Å²) in [6.07, 6.45) is 2.98. The molecular formula is C20H30N2O2. The monoisotopic (exact) mass is 330 g/mol. The van der Waals surface area contributed by atoms with Crippen LogP contribution in [0.25, 0.3) is 0 Å². The number of nitrogens with zero attached hydrogens (tertiary/aromatic N) is 2. The lowest BCUT2D eigenvalue weighted by Gasteiger charge is -2.47. The van der Waals surface area contributed by atoms with Gasteiger partial charge in [0.25, 0.3) is 0 Å². The van der Waals surface area contributed by atoms with Crippen LogP contribution in [0.5, 0.6) is 0 Å². The van der Waals surface area contributed by atoms with Crippen LogP contribution in [0.2, 0.25) is 0 Å². The number of hydrogen-bond acceptors (Lipinski definition) is 3. The molecule has 0 unspecified atom stereocenters. The van der Waals surface area contributed by atoms with Gasteiger partial charge in [0, 0.05) is 38.3 Å². The van der Waals surface area contributed by atoms with Gasteiger partial charge in [-0.1, -0.05) is 44.2 Å². The minimum absolute atomic E-state index is 0.0808. The molecule has 24 heavy (non-hydrogen) atoms. The molecule has 2 heterocycles.